The molecule has 72 valence electrons. The van der Waals surface area contributed by atoms with Gasteiger partial charge in [0.2, 0.25) is 0 Å². The van der Waals surface area contributed by atoms with Crippen LogP contribution >= 0.6 is 11.8 Å². The van der Waals surface area contributed by atoms with E-state index >= 15 is 0 Å². The van der Waals surface area contributed by atoms with Crippen LogP contribution in [0.2, 0.25) is 0 Å². The molecule has 2 rings (SSSR count). The van der Waals surface area contributed by atoms with E-state index in [9.17, 15) is 0 Å². The van der Waals surface area contributed by atoms with Crippen LogP contribution in [0.25, 0.3) is 0 Å². The number of thioether (sulfide) groups is 1. The number of H-pyrrole nitrogens is 1. The van der Waals surface area contributed by atoms with Crippen molar-refractivity contribution in [1.29, 1.82) is 0 Å². The van der Waals surface area contributed by atoms with Crippen molar-refractivity contribution in [2.45, 2.75) is 10.6 Å². The number of tetrazole rings is 1. The van der Waals surface area contributed by atoms with E-state index in [4.69, 9.17) is 5.11 Å². The van der Waals surface area contributed by atoms with Gasteiger partial charge in [-0.15, -0.1) is 22.0 Å². The lowest BCUT2D eigenvalue weighted by Crippen LogP contribution is -1.83. The van der Waals surface area contributed by atoms with Crippen LogP contribution in [0, 0.1) is 0 Å². The highest BCUT2D eigenvalue weighted by molar-refractivity contribution is 7.98. The van der Waals surface area contributed by atoms with Crippen molar-refractivity contribution in [2.75, 3.05) is 0 Å². The number of phenols is 1. The second kappa shape index (κ2) is 4.10. The van der Waals surface area contributed by atoms with Gasteiger partial charge in [-0.2, -0.15) is 5.21 Å². The zero-order valence-electron chi connectivity index (χ0n) is 7.21. The molecule has 0 amide bonds. The summed E-state index contributed by atoms with van der Waals surface area (Å²) < 4.78 is 0. The van der Waals surface area contributed by atoms with Crippen molar-refractivity contribution in [1.82, 2.24) is 20.6 Å². The molecule has 5 nitrogen and oxygen atoms in total. The molecule has 0 saturated heterocycles. The van der Waals surface area contributed by atoms with E-state index in [-0.39, 0.29) is 5.75 Å². The Balaban J connectivity index is 1.95. The maximum atomic E-state index is 9.06. The van der Waals surface area contributed by atoms with Gasteiger partial charge in [0.1, 0.15) is 5.75 Å². The Morgan fingerprint density at radius 1 is 1.29 bits per heavy atom. The zero-order chi connectivity index (χ0) is 9.80. The summed E-state index contributed by atoms with van der Waals surface area (Å²) in [6.07, 6.45) is 0. The molecule has 0 saturated carbocycles. The number of nitrogens with one attached hydrogen (secondary N) is 1. The Labute approximate surface area is 84.5 Å². The van der Waals surface area contributed by atoms with E-state index in [0.717, 1.165) is 4.90 Å². The van der Waals surface area contributed by atoms with Crippen molar-refractivity contribution in [3.8, 4) is 5.75 Å². The number of rotatable bonds is 3. The van der Waals surface area contributed by atoms with E-state index < -0.39 is 0 Å². The minimum atomic E-state index is 0.272. The molecular formula is C8H8N4OS. The summed E-state index contributed by atoms with van der Waals surface area (Å²) in [5, 5.41) is 22.6. The van der Waals surface area contributed by atoms with Crippen LogP contribution in [0.4, 0.5) is 0 Å². The highest BCUT2D eigenvalue weighted by Crippen LogP contribution is 2.22. The zero-order valence-corrected chi connectivity index (χ0v) is 8.03. The van der Waals surface area contributed by atoms with E-state index in [2.05, 4.69) is 20.6 Å². The molecule has 6 heteroatoms. The third kappa shape index (κ3) is 2.23. The maximum Gasteiger partial charge on any atom is 0.184 e. The van der Waals surface area contributed by atoms with Crippen LogP contribution in [0.15, 0.2) is 29.2 Å². The molecule has 0 aliphatic carbocycles. The van der Waals surface area contributed by atoms with Crippen molar-refractivity contribution in [3.05, 3.63) is 30.1 Å². The molecule has 0 spiro atoms. The number of hydrogen-bond donors (Lipinski definition) is 2. The second-order valence-electron chi connectivity index (χ2n) is 2.61. The maximum absolute atomic E-state index is 9.06. The monoisotopic (exact) mass is 208 g/mol. The first-order valence-corrected chi connectivity index (χ1v) is 4.97. The first-order valence-electron chi connectivity index (χ1n) is 3.99. The number of aromatic hydroxyl groups is 1. The van der Waals surface area contributed by atoms with Gasteiger partial charge in [-0.05, 0) is 24.3 Å². The van der Waals surface area contributed by atoms with Gasteiger partial charge < -0.3 is 5.11 Å². The fourth-order valence-corrected chi connectivity index (χ4v) is 1.68. The molecular weight excluding hydrogens is 200 g/mol. The molecule has 0 aliphatic rings. The Morgan fingerprint density at radius 2 is 2.07 bits per heavy atom. The fourth-order valence-electron chi connectivity index (χ4n) is 0.934. The molecule has 1 aromatic carbocycles. The number of nitrogens with zero attached hydrogens (tertiary/aromatic N) is 3. The summed E-state index contributed by atoms with van der Waals surface area (Å²) in [5.74, 6) is 1.61. The molecule has 1 heterocycles. The minimum absolute atomic E-state index is 0.272. The van der Waals surface area contributed by atoms with Gasteiger partial charge in [0.15, 0.2) is 5.82 Å². The van der Waals surface area contributed by atoms with Gasteiger partial charge in [0.05, 0.1) is 5.75 Å². The number of aromatic nitrogens is 4. The van der Waals surface area contributed by atoms with Crippen molar-refractivity contribution in [2.24, 2.45) is 0 Å². The van der Waals surface area contributed by atoms with Gasteiger partial charge in [-0.3, -0.25) is 0 Å². The highest BCUT2D eigenvalue weighted by atomic mass is 32.2. The normalized spacial score (nSPS) is 10.3. The summed E-state index contributed by atoms with van der Waals surface area (Å²) >= 11 is 1.59. The summed E-state index contributed by atoms with van der Waals surface area (Å²) in [6, 6.07) is 7.00. The van der Waals surface area contributed by atoms with Crippen LogP contribution in [-0.4, -0.2) is 25.7 Å². The Hall–Kier alpha value is -1.56. The van der Waals surface area contributed by atoms with E-state index in [1.807, 2.05) is 12.1 Å². The predicted molar refractivity (Wildman–Crippen MR) is 51.8 cm³/mol. The summed E-state index contributed by atoms with van der Waals surface area (Å²) in [7, 11) is 0. The highest BCUT2D eigenvalue weighted by Gasteiger charge is 1.99. The molecule has 2 aromatic rings. The third-order valence-corrected chi connectivity index (χ3v) is 2.60. The largest absolute Gasteiger partial charge is 0.508 e. The van der Waals surface area contributed by atoms with Gasteiger partial charge >= 0.3 is 0 Å². The summed E-state index contributed by atoms with van der Waals surface area (Å²) in [4.78, 5) is 1.06. The Bertz CT molecular complexity index is 386. The van der Waals surface area contributed by atoms with E-state index in [0.29, 0.717) is 11.6 Å². The molecule has 0 fully saturated rings. The second-order valence-corrected chi connectivity index (χ2v) is 3.66. The fraction of sp³-hybridized carbons (Fsp3) is 0.125. The lowest BCUT2D eigenvalue weighted by Gasteiger charge is -1.97. The number of aromatic amines is 1. The minimum Gasteiger partial charge on any atom is -0.508 e. The van der Waals surface area contributed by atoms with E-state index in [1.165, 1.54) is 0 Å². The smallest absolute Gasteiger partial charge is 0.184 e. The number of phenolic OH excluding ortho intramolecular Hbond substituents is 1. The lowest BCUT2D eigenvalue weighted by molar-refractivity contribution is 0.475. The van der Waals surface area contributed by atoms with Gasteiger partial charge in [-0.1, -0.05) is 5.21 Å². The molecule has 0 radical (unpaired) electrons. The molecule has 0 bridgehead atoms. The topological polar surface area (TPSA) is 74.7 Å². The Kier molecular flexibility index (Phi) is 2.64. The van der Waals surface area contributed by atoms with Crippen molar-refractivity contribution >= 4 is 11.8 Å². The van der Waals surface area contributed by atoms with Crippen LogP contribution in [-0.2, 0) is 5.75 Å². The number of benzene rings is 1. The standard InChI is InChI=1S/C8H8N4OS/c13-6-1-3-7(4-2-6)14-5-8-9-11-12-10-8/h1-4,13H,5H2,(H,9,10,11,12). The molecule has 2 N–H and O–H groups in total. The Morgan fingerprint density at radius 3 is 2.71 bits per heavy atom. The molecule has 14 heavy (non-hydrogen) atoms. The first-order chi connectivity index (χ1) is 6.84. The molecule has 0 atom stereocenters. The first kappa shape index (κ1) is 9.01. The van der Waals surface area contributed by atoms with Crippen LogP contribution in [0.5, 0.6) is 5.75 Å². The van der Waals surface area contributed by atoms with Gasteiger partial charge in [-0.25, -0.2) is 0 Å². The molecule has 0 unspecified atom stereocenters. The van der Waals surface area contributed by atoms with Crippen LogP contribution in [0.1, 0.15) is 5.82 Å². The van der Waals surface area contributed by atoms with Crippen molar-refractivity contribution < 1.29 is 5.11 Å². The molecule has 1 aromatic heterocycles. The SMILES string of the molecule is Oc1ccc(SCc2nn[nH]n2)cc1. The van der Waals surface area contributed by atoms with Crippen LogP contribution in [0.3, 0.4) is 0 Å². The predicted octanol–water partition coefficient (Wildman–Crippen LogP) is 1.20. The summed E-state index contributed by atoms with van der Waals surface area (Å²) in [6.45, 7) is 0. The quantitative estimate of drug-likeness (QED) is 0.741. The van der Waals surface area contributed by atoms with Gasteiger partial charge in [0.25, 0.3) is 0 Å². The van der Waals surface area contributed by atoms with Gasteiger partial charge in [0, 0.05) is 4.90 Å². The number of hydrogen-bond acceptors (Lipinski definition) is 5. The average molecular weight is 208 g/mol. The third-order valence-electron chi connectivity index (χ3n) is 1.59. The van der Waals surface area contributed by atoms with Crippen molar-refractivity contribution in [3.63, 3.8) is 0 Å². The molecule has 0 aliphatic heterocycles. The lowest BCUT2D eigenvalue weighted by atomic mass is 10.3. The summed E-state index contributed by atoms with van der Waals surface area (Å²) in [5.41, 5.74) is 0. The average Bonchev–Trinajstić information content (AvgIpc) is 2.70. The van der Waals surface area contributed by atoms with Crippen LogP contribution < -0.4 is 0 Å². The van der Waals surface area contributed by atoms with E-state index in [1.54, 1.807) is 23.9 Å².